The van der Waals surface area contributed by atoms with E-state index in [0.29, 0.717) is 6.54 Å². The fraction of sp³-hybridized carbons (Fsp3) is 0.100. The minimum absolute atomic E-state index is 0.573. The average Bonchev–Trinajstić information content (AvgIpc) is 2.97. The molecule has 3 aromatic rings. The number of fused-ring (bicyclic) bond motifs is 1. The molecule has 0 saturated carbocycles. The first kappa shape index (κ1) is 9.29. The molecule has 0 amide bonds. The van der Waals surface area contributed by atoms with Gasteiger partial charge in [0.25, 0.3) is 0 Å². The van der Waals surface area contributed by atoms with Crippen molar-refractivity contribution in [2.75, 3.05) is 5.32 Å². The second-order valence-electron chi connectivity index (χ2n) is 3.19. The molecule has 0 unspecified atom stereocenters. The van der Waals surface area contributed by atoms with Crippen LogP contribution in [0.4, 0.5) is 5.82 Å². The lowest BCUT2D eigenvalue weighted by Crippen LogP contribution is -2.00. The zero-order valence-electron chi connectivity index (χ0n) is 8.25. The van der Waals surface area contributed by atoms with Crippen molar-refractivity contribution in [2.45, 2.75) is 6.54 Å². The Labute approximate surface area is 95.1 Å². The van der Waals surface area contributed by atoms with Gasteiger partial charge in [-0.25, -0.2) is 9.97 Å². The number of hydrogen-bond acceptors (Lipinski definition) is 6. The Balaban J connectivity index is 1.86. The van der Waals surface area contributed by atoms with Crippen LogP contribution in [0.3, 0.4) is 0 Å². The van der Waals surface area contributed by atoms with Gasteiger partial charge in [0, 0.05) is 6.07 Å². The summed E-state index contributed by atoms with van der Waals surface area (Å²) < 4.78 is 6.05. The van der Waals surface area contributed by atoms with E-state index in [4.69, 9.17) is 4.52 Å². The third-order valence-corrected chi connectivity index (χ3v) is 3.07. The fourth-order valence-electron chi connectivity index (χ4n) is 1.42. The van der Waals surface area contributed by atoms with E-state index in [1.807, 2.05) is 17.5 Å². The SMILES string of the molecule is c1cc(CNc2ncnc3ccsc23)on1. The molecule has 0 atom stereocenters. The molecule has 0 aromatic carbocycles. The Morgan fingerprint density at radius 1 is 1.31 bits per heavy atom. The highest BCUT2D eigenvalue weighted by Gasteiger charge is 2.05. The van der Waals surface area contributed by atoms with Crippen LogP contribution in [0.1, 0.15) is 5.76 Å². The molecule has 0 bridgehead atoms. The number of thiophene rings is 1. The van der Waals surface area contributed by atoms with E-state index in [-0.39, 0.29) is 0 Å². The second kappa shape index (κ2) is 3.90. The van der Waals surface area contributed by atoms with E-state index in [0.717, 1.165) is 21.8 Å². The molecule has 1 N–H and O–H groups in total. The van der Waals surface area contributed by atoms with Crippen molar-refractivity contribution >= 4 is 27.4 Å². The number of anilines is 1. The molecular formula is C10H8N4OS. The summed E-state index contributed by atoms with van der Waals surface area (Å²) in [5.74, 6) is 1.61. The summed E-state index contributed by atoms with van der Waals surface area (Å²) in [4.78, 5) is 8.38. The number of hydrogen-bond donors (Lipinski definition) is 1. The molecule has 0 spiro atoms. The summed E-state index contributed by atoms with van der Waals surface area (Å²) in [6, 6.07) is 3.79. The van der Waals surface area contributed by atoms with Crippen molar-refractivity contribution < 1.29 is 4.52 Å². The van der Waals surface area contributed by atoms with Gasteiger partial charge in [-0.2, -0.15) is 0 Å². The van der Waals surface area contributed by atoms with Crippen molar-refractivity contribution in [3.63, 3.8) is 0 Å². The predicted octanol–water partition coefficient (Wildman–Crippen LogP) is 2.29. The van der Waals surface area contributed by atoms with Gasteiger partial charge in [0.1, 0.15) is 12.1 Å². The maximum Gasteiger partial charge on any atom is 0.155 e. The first-order valence-electron chi connectivity index (χ1n) is 4.75. The van der Waals surface area contributed by atoms with Gasteiger partial charge in [-0.05, 0) is 11.4 Å². The smallest absolute Gasteiger partial charge is 0.155 e. The minimum atomic E-state index is 0.573. The van der Waals surface area contributed by atoms with E-state index in [1.54, 1.807) is 23.9 Å². The molecule has 5 nitrogen and oxygen atoms in total. The van der Waals surface area contributed by atoms with E-state index < -0.39 is 0 Å². The van der Waals surface area contributed by atoms with Crippen molar-refractivity contribution in [3.8, 4) is 0 Å². The zero-order valence-corrected chi connectivity index (χ0v) is 9.07. The molecule has 3 rings (SSSR count). The van der Waals surface area contributed by atoms with Gasteiger partial charge in [0.15, 0.2) is 5.76 Å². The molecular weight excluding hydrogens is 224 g/mol. The van der Waals surface area contributed by atoms with Gasteiger partial charge in [-0.15, -0.1) is 11.3 Å². The summed E-state index contributed by atoms with van der Waals surface area (Å²) in [5.41, 5.74) is 0.958. The Hall–Kier alpha value is -1.95. The average molecular weight is 232 g/mol. The van der Waals surface area contributed by atoms with Gasteiger partial charge in [0.2, 0.25) is 0 Å². The van der Waals surface area contributed by atoms with E-state index in [2.05, 4.69) is 20.4 Å². The van der Waals surface area contributed by atoms with Gasteiger partial charge < -0.3 is 9.84 Å². The van der Waals surface area contributed by atoms with Crippen molar-refractivity contribution in [1.29, 1.82) is 0 Å². The molecule has 0 aliphatic rings. The molecule has 6 heteroatoms. The molecule has 16 heavy (non-hydrogen) atoms. The lowest BCUT2D eigenvalue weighted by Gasteiger charge is -2.02. The highest BCUT2D eigenvalue weighted by Crippen LogP contribution is 2.24. The third-order valence-electron chi connectivity index (χ3n) is 2.16. The van der Waals surface area contributed by atoms with Gasteiger partial charge in [-0.1, -0.05) is 5.16 Å². The van der Waals surface area contributed by atoms with Crippen molar-refractivity contribution in [2.24, 2.45) is 0 Å². The highest BCUT2D eigenvalue weighted by atomic mass is 32.1. The summed E-state index contributed by atoms with van der Waals surface area (Å²) in [7, 11) is 0. The summed E-state index contributed by atoms with van der Waals surface area (Å²) in [6.45, 7) is 0.573. The van der Waals surface area contributed by atoms with Crippen LogP contribution < -0.4 is 5.32 Å². The number of nitrogens with zero attached hydrogens (tertiary/aromatic N) is 3. The quantitative estimate of drug-likeness (QED) is 0.750. The monoisotopic (exact) mass is 232 g/mol. The van der Waals surface area contributed by atoms with Crippen LogP contribution >= 0.6 is 11.3 Å². The van der Waals surface area contributed by atoms with Crippen LogP contribution in [0.15, 0.2) is 34.6 Å². The standard InChI is InChI=1S/C10H8N4OS/c1-3-14-15-7(1)5-11-10-9-8(2-4-16-9)12-6-13-10/h1-4,6H,5H2,(H,11,12,13). The van der Waals surface area contributed by atoms with Gasteiger partial charge >= 0.3 is 0 Å². The van der Waals surface area contributed by atoms with Crippen LogP contribution in [0, 0.1) is 0 Å². The van der Waals surface area contributed by atoms with E-state index >= 15 is 0 Å². The molecule has 0 radical (unpaired) electrons. The summed E-state index contributed by atoms with van der Waals surface area (Å²) in [5, 5.41) is 8.84. The van der Waals surface area contributed by atoms with Crippen molar-refractivity contribution in [3.05, 3.63) is 35.8 Å². The minimum Gasteiger partial charge on any atom is -0.361 e. The van der Waals surface area contributed by atoms with Crippen LogP contribution in [0.25, 0.3) is 10.2 Å². The summed E-state index contributed by atoms with van der Waals surface area (Å²) in [6.07, 6.45) is 3.18. The normalized spacial score (nSPS) is 10.8. The van der Waals surface area contributed by atoms with E-state index in [1.165, 1.54) is 0 Å². The van der Waals surface area contributed by atoms with Crippen LogP contribution in [0.2, 0.25) is 0 Å². The molecule has 80 valence electrons. The second-order valence-corrected chi connectivity index (χ2v) is 4.11. The topological polar surface area (TPSA) is 63.8 Å². The summed E-state index contributed by atoms with van der Waals surface area (Å²) >= 11 is 1.62. The largest absolute Gasteiger partial charge is 0.361 e. The Kier molecular flexibility index (Phi) is 2.26. The first-order chi connectivity index (χ1) is 7.93. The van der Waals surface area contributed by atoms with Crippen LogP contribution in [-0.2, 0) is 6.54 Å². The maximum atomic E-state index is 5.00. The fourth-order valence-corrected chi connectivity index (χ4v) is 2.23. The van der Waals surface area contributed by atoms with Crippen LogP contribution in [-0.4, -0.2) is 15.1 Å². The molecule has 0 aliphatic heterocycles. The molecule has 0 fully saturated rings. The Morgan fingerprint density at radius 3 is 3.19 bits per heavy atom. The van der Waals surface area contributed by atoms with Gasteiger partial charge in [0.05, 0.1) is 23.0 Å². The number of nitrogens with one attached hydrogen (secondary N) is 1. The third kappa shape index (κ3) is 1.63. The Morgan fingerprint density at radius 2 is 2.31 bits per heavy atom. The first-order valence-corrected chi connectivity index (χ1v) is 5.63. The van der Waals surface area contributed by atoms with Gasteiger partial charge in [-0.3, -0.25) is 0 Å². The number of rotatable bonds is 3. The molecule has 0 aliphatic carbocycles. The van der Waals surface area contributed by atoms with Crippen LogP contribution in [0.5, 0.6) is 0 Å². The van der Waals surface area contributed by atoms with Crippen molar-refractivity contribution in [1.82, 2.24) is 15.1 Å². The predicted molar refractivity (Wildman–Crippen MR) is 61.2 cm³/mol. The maximum absolute atomic E-state index is 5.00. The number of aromatic nitrogens is 3. The molecule has 3 aromatic heterocycles. The lowest BCUT2D eigenvalue weighted by molar-refractivity contribution is 0.388. The lowest BCUT2D eigenvalue weighted by atomic mass is 10.4. The molecule has 3 heterocycles. The van der Waals surface area contributed by atoms with E-state index in [9.17, 15) is 0 Å². The zero-order chi connectivity index (χ0) is 10.8. The molecule has 0 saturated heterocycles. The Bertz CT molecular complexity index is 590. The highest BCUT2D eigenvalue weighted by molar-refractivity contribution is 7.17.